The maximum atomic E-state index is 13.1. The number of nitriles is 1. The number of halogens is 1. The molecule has 1 fully saturated rings. The monoisotopic (exact) mass is 343 g/mol. The third-order valence-corrected chi connectivity index (χ3v) is 6.74. The Morgan fingerprint density at radius 1 is 1.12 bits per heavy atom. The second-order valence-corrected chi connectivity index (χ2v) is 8.04. The number of aldehydes is 1. The Balaban J connectivity index is 2.08. The van der Waals surface area contributed by atoms with Crippen LogP contribution in [0.5, 0.6) is 0 Å². The summed E-state index contributed by atoms with van der Waals surface area (Å²) in [5, 5.41) is 8.28. The van der Waals surface area contributed by atoms with Crippen LogP contribution < -0.4 is 0 Å². The minimum atomic E-state index is -3.87. The summed E-state index contributed by atoms with van der Waals surface area (Å²) in [6, 6.07) is 13.3. The molecular weight excluding hydrogens is 329 g/mol. The van der Waals surface area contributed by atoms with Crippen molar-refractivity contribution < 1.29 is 17.6 Å². The molecule has 3 atom stereocenters. The van der Waals surface area contributed by atoms with E-state index in [0.717, 1.165) is 5.56 Å². The van der Waals surface area contributed by atoms with E-state index < -0.39 is 32.2 Å². The van der Waals surface area contributed by atoms with Gasteiger partial charge in [-0.1, -0.05) is 29.8 Å². The van der Waals surface area contributed by atoms with Gasteiger partial charge in [0.25, 0.3) is 0 Å². The van der Waals surface area contributed by atoms with Crippen LogP contribution in [0.25, 0.3) is 0 Å². The number of carbonyl (C=O) groups excluding carboxylic acids is 1. The van der Waals surface area contributed by atoms with E-state index in [1.165, 1.54) is 36.4 Å². The van der Waals surface area contributed by atoms with Gasteiger partial charge in [-0.2, -0.15) is 5.26 Å². The number of aryl methyl sites for hydroxylation is 1. The molecule has 2 aromatic carbocycles. The van der Waals surface area contributed by atoms with Crippen LogP contribution >= 0.6 is 0 Å². The van der Waals surface area contributed by atoms with Crippen LogP contribution in [0, 0.1) is 29.5 Å². The van der Waals surface area contributed by atoms with Crippen LogP contribution in [0.15, 0.2) is 53.4 Å². The molecular formula is C18H14FNO3S. The molecule has 1 saturated carbocycles. The molecule has 0 unspecified atom stereocenters. The highest BCUT2D eigenvalue weighted by molar-refractivity contribution is 7.92. The molecule has 0 saturated heterocycles. The quantitative estimate of drug-likeness (QED) is 0.800. The summed E-state index contributed by atoms with van der Waals surface area (Å²) in [5.41, 5.74) is -0.269. The van der Waals surface area contributed by atoms with E-state index in [2.05, 4.69) is 0 Å². The highest BCUT2D eigenvalue weighted by Crippen LogP contribution is 2.62. The van der Waals surface area contributed by atoms with Gasteiger partial charge in [0.1, 0.15) is 22.8 Å². The molecule has 4 nitrogen and oxygen atoms in total. The van der Waals surface area contributed by atoms with Gasteiger partial charge in [0.15, 0.2) is 9.84 Å². The Hall–Kier alpha value is -2.52. The first-order chi connectivity index (χ1) is 11.4. The Morgan fingerprint density at radius 2 is 1.71 bits per heavy atom. The average molecular weight is 343 g/mol. The van der Waals surface area contributed by atoms with E-state index >= 15 is 0 Å². The second-order valence-electron chi connectivity index (χ2n) is 5.97. The molecule has 0 spiro atoms. The first kappa shape index (κ1) is 16.3. The fourth-order valence-corrected chi connectivity index (χ4v) is 5.34. The minimum absolute atomic E-state index is 0.0733. The highest BCUT2D eigenvalue weighted by Gasteiger charge is 2.72. The van der Waals surface area contributed by atoms with Gasteiger partial charge in [-0.15, -0.1) is 0 Å². The normalized spacial score (nSPS) is 25.7. The highest BCUT2D eigenvalue weighted by atomic mass is 32.2. The first-order valence-electron chi connectivity index (χ1n) is 7.30. The number of nitrogens with zero attached hydrogens (tertiary/aromatic N) is 1. The molecule has 0 heterocycles. The van der Waals surface area contributed by atoms with Crippen molar-refractivity contribution in [3.8, 4) is 6.07 Å². The SMILES string of the molecule is Cc1ccc(S(=O)(=O)[C@@H]2[C@@H](c3ccc(F)cc3)[C@]2(C#N)C=O)cc1. The standard InChI is InChI=1S/C18H14FNO3S/c1-12-2-8-15(9-3-12)24(22,23)17-16(18(17,10-20)11-21)13-4-6-14(19)7-5-13/h2-9,11,16-17H,1H3/t16-,17-,18+/m1/s1. The van der Waals surface area contributed by atoms with Gasteiger partial charge in [-0.25, -0.2) is 12.8 Å². The van der Waals surface area contributed by atoms with Crippen molar-refractivity contribution >= 4 is 16.1 Å². The van der Waals surface area contributed by atoms with Gasteiger partial charge >= 0.3 is 0 Å². The summed E-state index contributed by atoms with van der Waals surface area (Å²) >= 11 is 0. The van der Waals surface area contributed by atoms with Crippen LogP contribution in [-0.2, 0) is 14.6 Å². The zero-order valence-electron chi connectivity index (χ0n) is 12.8. The molecule has 0 N–H and O–H groups in total. The Labute approximate surface area is 139 Å². The fraction of sp³-hybridized carbons (Fsp3) is 0.222. The van der Waals surface area contributed by atoms with Crippen LogP contribution in [-0.4, -0.2) is 20.0 Å². The number of sulfone groups is 1. The fourth-order valence-electron chi connectivity index (χ4n) is 3.11. The lowest BCUT2D eigenvalue weighted by molar-refractivity contribution is -0.110. The summed E-state index contributed by atoms with van der Waals surface area (Å²) in [6.07, 6.45) is 0.400. The minimum Gasteiger partial charge on any atom is -0.302 e. The van der Waals surface area contributed by atoms with Crippen LogP contribution in [0.3, 0.4) is 0 Å². The van der Waals surface area contributed by atoms with E-state index in [9.17, 15) is 22.9 Å². The summed E-state index contributed by atoms with van der Waals surface area (Å²) in [4.78, 5) is 11.6. The van der Waals surface area contributed by atoms with Crippen LogP contribution in [0.4, 0.5) is 4.39 Å². The molecule has 122 valence electrons. The van der Waals surface area contributed by atoms with Crippen molar-refractivity contribution in [2.45, 2.75) is 23.0 Å². The van der Waals surface area contributed by atoms with E-state index in [0.29, 0.717) is 11.8 Å². The average Bonchev–Trinajstić information content (AvgIpc) is 3.26. The van der Waals surface area contributed by atoms with Crippen molar-refractivity contribution in [3.05, 3.63) is 65.5 Å². The molecule has 0 bridgehead atoms. The molecule has 6 heteroatoms. The van der Waals surface area contributed by atoms with E-state index in [-0.39, 0.29) is 4.90 Å². The summed E-state index contributed by atoms with van der Waals surface area (Å²) in [7, 11) is -3.87. The number of benzene rings is 2. The molecule has 0 amide bonds. The molecule has 0 aliphatic heterocycles. The maximum absolute atomic E-state index is 13.1. The van der Waals surface area contributed by atoms with Gasteiger partial charge in [-0.3, -0.25) is 0 Å². The predicted molar refractivity (Wildman–Crippen MR) is 85.4 cm³/mol. The summed E-state index contributed by atoms with van der Waals surface area (Å²) < 4.78 is 38.9. The van der Waals surface area contributed by atoms with Crippen molar-refractivity contribution in [2.24, 2.45) is 5.41 Å². The lowest BCUT2D eigenvalue weighted by Crippen LogP contribution is -2.16. The molecule has 2 aromatic rings. The number of carbonyl (C=O) groups is 1. The largest absolute Gasteiger partial charge is 0.302 e. The Morgan fingerprint density at radius 3 is 2.21 bits per heavy atom. The van der Waals surface area contributed by atoms with E-state index in [1.54, 1.807) is 12.1 Å². The Kier molecular flexibility index (Phi) is 3.77. The number of hydrogen-bond donors (Lipinski definition) is 0. The Bertz CT molecular complexity index is 930. The van der Waals surface area contributed by atoms with Gasteiger partial charge in [0.05, 0.1) is 11.0 Å². The van der Waals surface area contributed by atoms with Crippen molar-refractivity contribution in [1.29, 1.82) is 5.26 Å². The molecule has 0 radical (unpaired) electrons. The van der Waals surface area contributed by atoms with E-state index in [4.69, 9.17) is 0 Å². The van der Waals surface area contributed by atoms with Gasteiger partial charge in [0.2, 0.25) is 0 Å². The predicted octanol–water partition coefficient (Wildman–Crippen LogP) is 2.78. The molecule has 24 heavy (non-hydrogen) atoms. The van der Waals surface area contributed by atoms with Crippen LogP contribution in [0.2, 0.25) is 0 Å². The zero-order chi connectivity index (χ0) is 17.5. The maximum Gasteiger partial charge on any atom is 0.183 e. The van der Waals surface area contributed by atoms with Gasteiger partial charge in [-0.05, 0) is 36.8 Å². The molecule has 1 aliphatic rings. The van der Waals surface area contributed by atoms with Crippen LogP contribution in [0.1, 0.15) is 17.0 Å². The molecule has 0 aromatic heterocycles. The third kappa shape index (κ3) is 2.33. The lowest BCUT2D eigenvalue weighted by Gasteiger charge is -2.05. The first-order valence-corrected chi connectivity index (χ1v) is 8.85. The topological polar surface area (TPSA) is 75.0 Å². The smallest absolute Gasteiger partial charge is 0.183 e. The molecule has 3 rings (SSSR count). The zero-order valence-corrected chi connectivity index (χ0v) is 13.6. The van der Waals surface area contributed by atoms with Gasteiger partial charge in [0, 0.05) is 5.92 Å². The lowest BCUT2D eigenvalue weighted by atomic mass is 10.0. The van der Waals surface area contributed by atoms with Crippen molar-refractivity contribution in [1.82, 2.24) is 0 Å². The van der Waals surface area contributed by atoms with Crippen molar-refractivity contribution in [3.63, 3.8) is 0 Å². The summed E-state index contributed by atoms with van der Waals surface area (Å²) in [5.74, 6) is -1.27. The van der Waals surface area contributed by atoms with Gasteiger partial charge < -0.3 is 4.79 Å². The second kappa shape index (κ2) is 5.53. The van der Waals surface area contributed by atoms with E-state index in [1.807, 2.05) is 13.0 Å². The third-order valence-electron chi connectivity index (χ3n) is 4.48. The molecule has 1 aliphatic carbocycles. The number of hydrogen-bond acceptors (Lipinski definition) is 4. The van der Waals surface area contributed by atoms with Crippen molar-refractivity contribution in [2.75, 3.05) is 0 Å². The summed E-state index contributed by atoms with van der Waals surface area (Å²) in [6.45, 7) is 1.83. The number of rotatable bonds is 4.